The number of oxazole rings is 1. The highest BCUT2D eigenvalue weighted by atomic mass is 79.9. The predicted octanol–water partition coefficient (Wildman–Crippen LogP) is 13.0. The van der Waals surface area contributed by atoms with Crippen LogP contribution in [0.15, 0.2) is 138 Å². The number of imidazole rings is 7. The lowest BCUT2D eigenvalue weighted by molar-refractivity contribution is -0.141. The van der Waals surface area contributed by atoms with Crippen molar-refractivity contribution in [1.82, 2.24) is 97.0 Å². The Morgan fingerprint density at radius 1 is 0.494 bits per heavy atom. The van der Waals surface area contributed by atoms with Crippen LogP contribution in [-0.2, 0) is 6.18 Å². The van der Waals surface area contributed by atoms with Crippen LogP contribution in [0.1, 0.15) is 82.6 Å². The summed E-state index contributed by atoms with van der Waals surface area (Å²) in [7, 11) is 0. The largest absolute Gasteiger partial charge is 0.442 e. The average molecular weight is 1260 g/mol. The van der Waals surface area contributed by atoms with Crippen molar-refractivity contribution < 1.29 is 17.6 Å². The second-order valence-electron chi connectivity index (χ2n) is 20.5. The molecule has 4 aliphatic carbocycles. The van der Waals surface area contributed by atoms with E-state index in [0.717, 1.165) is 46.3 Å². The Labute approximate surface area is 511 Å². The van der Waals surface area contributed by atoms with Crippen LogP contribution in [0, 0.1) is 26.3 Å². The van der Waals surface area contributed by atoms with E-state index in [4.69, 9.17) is 36.4 Å². The van der Waals surface area contributed by atoms with Gasteiger partial charge in [0.25, 0.3) is 23.3 Å². The summed E-state index contributed by atoms with van der Waals surface area (Å²) in [5.74, 6) is 2.02. The lowest BCUT2D eigenvalue weighted by Crippen LogP contribution is -2.08. The van der Waals surface area contributed by atoms with E-state index in [1.807, 2.05) is 47.7 Å². The molecule has 0 amide bonds. The minimum Gasteiger partial charge on any atom is -0.442 e. The topological polar surface area (TPSA) is 257 Å². The summed E-state index contributed by atoms with van der Waals surface area (Å²) in [6, 6.07) is 20.2. The van der Waals surface area contributed by atoms with Crippen molar-refractivity contribution in [3.63, 3.8) is 0 Å². The van der Waals surface area contributed by atoms with Crippen LogP contribution < -0.4 is 5.73 Å². The van der Waals surface area contributed by atoms with Gasteiger partial charge in [0.05, 0.1) is 67.6 Å². The predicted molar refractivity (Wildman–Crippen MR) is 321 cm³/mol. The monoisotopic (exact) mass is 1260 g/mol. The number of alkyl halides is 3. The van der Waals surface area contributed by atoms with Gasteiger partial charge < -0.3 is 43.2 Å². The molecule has 30 heteroatoms. The molecule has 0 bridgehead atoms. The first-order valence-corrected chi connectivity index (χ1v) is 28.1. The molecule has 0 spiro atoms. The minimum atomic E-state index is -4.55. The lowest BCUT2D eigenvalue weighted by Gasteiger charge is -2.10. The van der Waals surface area contributed by atoms with Crippen LogP contribution in [-0.4, -0.2) is 103 Å². The van der Waals surface area contributed by atoms with Gasteiger partial charge in [-0.05, 0) is 104 Å². The lowest BCUT2D eigenvalue weighted by atomic mass is 10.1. The van der Waals surface area contributed by atoms with Crippen molar-refractivity contribution >= 4 is 61.8 Å². The molecule has 4 fully saturated rings. The molecule has 17 rings (SSSR count). The van der Waals surface area contributed by atoms with Crippen LogP contribution in [0.2, 0.25) is 0 Å². The van der Waals surface area contributed by atoms with Crippen LogP contribution in [0.4, 0.5) is 36.4 Å². The highest BCUT2D eigenvalue weighted by Crippen LogP contribution is 2.43. The molecule has 4 aliphatic rings. The molecule has 89 heavy (non-hydrogen) atoms. The van der Waals surface area contributed by atoms with Gasteiger partial charge in [-0.25, -0.2) is 44.9 Å². The van der Waals surface area contributed by atoms with Gasteiger partial charge in [0, 0.05) is 48.4 Å². The van der Waals surface area contributed by atoms with E-state index < -0.39 is 11.9 Å². The normalized spacial score (nSPS) is 14.1. The van der Waals surface area contributed by atoms with Gasteiger partial charge >= 0.3 is 6.18 Å². The van der Waals surface area contributed by atoms with Gasteiger partial charge in [-0.1, -0.05) is 60.2 Å². The molecule has 26 nitrogen and oxygen atoms in total. The second-order valence-corrected chi connectivity index (χ2v) is 21.2. The quantitative estimate of drug-likeness (QED) is 0.139. The van der Waals surface area contributed by atoms with E-state index in [0.29, 0.717) is 86.7 Å². The number of nitrogens with zero attached hydrogens (tertiary/aromatic N) is 24. The number of halogens is 4. The Morgan fingerprint density at radius 2 is 0.944 bits per heavy atom. The molecule has 0 saturated heterocycles. The second kappa shape index (κ2) is 24.2. The van der Waals surface area contributed by atoms with Crippen LogP contribution >= 0.6 is 15.9 Å². The molecule has 0 unspecified atom stereocenters. The van der Waals surface area contributed by atoms with Crippen molar-refractivity contribution in [2.24, 2.45) is 5.73 Å². The zero-order valence-corrected chi connectivity index (χ0v) is 47.4. The highest BCUT2D eigenvalue weighted by Gasteiger charge is 2.35. The third-order valence-corrected chi connectivity index (χ3v) is 14.8. The molecule has 442 valence electrons. The fourth-order valence-electron chi connectivity index (χ4n) is 9.22. The third kappa shape index (κ3) is 12.1. The number of pyridine rings is 1. The van der Waals surface area contributed by atoms with Gasteiger partial charge in [0.2, 0.25) is 22.6 Å². The fraction of sp³-hybridized carbons (Fsp3) is 0.237. The minimum absolute atomic E-state index is 0. The number of hydrogen-bond acceptors (Lipinski definition) is 15. The first kappa shape index (κ1) is 58.1. The van der Waals surface area contributed by atoms with Gasteiger partial charge in [-0.2, -0.15) is 13.2 Å². The molecule has 13 heterocycles. The summed E-state index contributed by atoms with van der Waals surface area (Å²) in [5, 5.41) is 17.8. The fourth-order valence-corrected chi connectivity index (χ4v) is 9.72. The summed E-state index contributed by atoms with van der Waals surface area (Å²) in [4.78, 5) is 50.5. The molecule has 0 radical (unpaired) electrons. The number of aromatic nitrogens is 20. The maximum atomic E-state index is 13.1. The van der Waals surface area contributed by atoms with Gasteiger partial charge in [0.1, 0.15) is 50.2 Å². The average Bonchev–Trinajstić information content (AvgIpc) is 1.91. The number of nitrogens with two attached hydrogens (primary N) is 1. The standard InChI is InChI=1S/C19H12F3N7.C13H9BrN6.C13H10N6.C10H5N5O.C3H7N.CH4/c1-23-16-9-24-15-8-7-13(27-29(15)16)18-17(25-10-28(18)11-5-6-11)12-3-2-4-14(26-12)19(20,21)22;1-15-11-6-16-10-5-4-9(18-20(10)11)12-13(14)17-7-19(12)8-2-3-8;1-14-13-7-16-12-5-4-10(17-19(12)13)11-6-15-8-18(11)9-2-3-9;1-11-10-5-13-9-3-2-7(14-15(9)10)8-4-12-6-16-8;4-3-1-2-3;/h2-4,7-11H,5-6H2;4-8H,2-3H2;4-9H,2-3H2;2-6H;3H,1-2,4H2;1H4. The number of rotatable bonds is 8. The SMILES string of the molecule is C.NC1CC1.[C-]#[N+]c1cnc2ccc(-c3c(-c4cccc(C(F)(F)F)n4)ncn3C3CC3)nn12.[C-]#[N+]c1cnc2ccc(-c3c(Br)ncn3C3CC3)nn12.[C-]#[N+]c1cnc2ccc(-c3cncn3C3CC3)nn12.[C-]#[N+]c1cnc2ccc(-c3cnco3)nn12. The molecular formula is C59H47BrF3N25O. The highest BCUT2D eigenvalue weighted by molar-refractivity contribution is 9.10. The summed E-state index contributed by atoms with van der Waals surface area (Å²) < 4.78 is 57.6. The summed E-state index contributed by atoms with van der Waals surface area (Å²) >= 11 is 3.48. The molecule has 13 aromatic rings. The molecule has 2 N–H and O–H groups in total. The van der Waals surface area contributed by atoms with Gasteiger partial charge in [0.15, 0.2) is 12.2 Å². The first-order chi connectivity index (χ1) is 42.9. The molecule has 0 atom stereocenters. The van der Waals surface area contributed by atoms with Crippen molar-refractivity contribution in [3.05, 3.63) is 185 Å². The Hall–Kier alpha value is -11.3. The summed E-state index contributed by atoms with van der Waals surface area (Å²) in [5.41, 5.74) is 12.4. The van der Waals surface area contributed by atoms with Crippen molar-refractivity contribution in [2.45, 2.75) is 89.1 Å². The Kier molecular flexibility index (Phi) is 15.8. The zero-order chi connectivity index (χ0) is 60.6. The third-order valence-electron chi connectivity index (χ3n) is 14.2. The van der Waals surface area contributed by atoms with E-state index >= 15 is 0 Å². The Morgan fingerprint density at radius 3 is 1.42 bits per heavy atom. The van der Waals surface area contributed by atoms with Crippen molar-refractivity contribution in [2.75, 3.05) is 0 Å². The van der Waals surface area contributed by atoms with Gasteiger partial charge in [-0.15, -0.1) is 18.1 Å². The molecular weight excluding hydrogens is 1210 g/mol. The van der Waals surface area contributed by atoms with Crippen LogP contribution in [0.25, 0.3) is 99.0 Å². The van der Waals surface area contributed by atoms with Gasteiger partial charge in [-0.3, -0.25) is 0 Å². The summed E-state index contributed by atoms with van der Waals surface area (Å²) in [6.45, 7) is 28.5. The molecule has 0 aromatic carbocycles. The zero-order valence-electron chi connectivity index (χ0n) is 45.8. The Balaban J connectivity index is 0.000000115. The first-order valence-electron chi connectivity index (χ1n) is 27.3. The van der Waals surface area contributed by atoms with E-state index in [9.17, 15) is 13.2 Å². The van der Waals surface area contributed by atoms with E-state index in [-0.39, 0.29) is 25.0 Å². The van der Waals surface area contributed by atoms with E-state index in [2.05, 4.69) is 110 Å². The summed E-state index contributed by atoms with van der Waals surface area (Å²) in [6.07, 6.45) is 20.7. The Bertz CT molecular complexity index is 4910. The number of fused-ring (bicyclic) bond motifs is 4. The maximum absolute atomic E-state index is 13.1. The molecule has 13 aromatic heterocycles. The van der Waals surface area contributed by atoms with Crippen LogP contribution in [0.3, 0.4) is 0 Å². The van der Waals surface area contributed by atoms with Crippen molar-refractivity contribution in [1.29, 1.82) is 0 Å². The van der Waals surface area contributed by atoms with E-state index in [1.54, 1.807) is 45.8 Å². The molecule has 4 saturated carbocycles. The van der Waals surface area contributed by atoms with E-state index in [1.165, 1.54) is 90.9 Å². The molecule has 0 aliphatic heterocycles. The van der Waals surface area contributed by atoms with Crippen LogP contribution in [0.5, 0.6) is 0 Å². The smallest absolute Gasteiger partial charge is 0.433 e. The number of hydrogen-bond donors (Lipinski definition) is 1. The van der Waals surface area contributed by atoms with Crippen molar-refractivity contribution in [3.8, 4) is 57.0 Å². The maximum Gasteiger partial charge on any atom is 0.433 e.